The molecule has 4 aromatic carbocycles. The fourth-order valence-electron chi connectivity index (χ4n) is 8.66. The summed E-state index contributed by atoms with van der Waals surface area (Å²) in [5.74, 6) is 0.432. The monoisotopic (exact) mass is 984 g/mol. The van der Waals surface area contributed by atoms with E-state index in [2.05, 4.69) is 27.8 Å². The Kier molecular flexibility index (Phi) is 20.4. The van der Waals surface area contributed by atoms with Crippen molar-refractivity contribution in [1.29, 1.82) is 0 Å². The van der Waals surface area contributed by atoms with Crippen molar-refractivity contribution in [2.75, 3.05) is 63.0 Å². The number of nitrogens with zero attached hydrogens (tertiary/aromatic N) is 2. The lowest BCUT2D eigenvalue weighted by atomic mass is 9.83. The van der Waals surface area contributed by atoms with Crippen molar-refractivity contribution in [2.45, 2.75) is 89.1 Å². The summed E-state index contributed by atoms with van der Waals surface area (Å²) in [6.07, 6.45) is 9.63. The van der Waals surface area contributed by atoms with Crippen LogP contribution in [0.2, 0.25) is 20.1 Å². The average molecular weight is 987 g/mol. The molecule has 0 bridgehead atoms. The van der Waals surface area contributed by atoms with Crippen LogP contribution in [0.25, 0.3) is 0 Å². The number of nitrogens with two attached hydrogens (primary N) is 1. The zero-order valence-corrected chi connectivity index (χ0v) is 41.1. The second-order valence-electron chi connectivity index (χ2n) is 16.9. The summed E-state index contributed by atoms with van der Waals surface area (Å²) in [6, 6.07) is 25.1. The van der Waals surface area contributed by atoms with Gasteiger partial charge in [0.1, 0.15) is 0 Å². The van der Waals surface area contributed by atoms with Crippen molar-refractivity contribution >= 4 is 92.1 Å². The molecular formula is C50H61Cl5N6O4. The fourth-order valence-corrected chi connectivity index (χ4v) is 9.38. The summed E-state index contributed by atoms with van der Waals surface area (Å²) in [6.45, 7) is 12.2. The van der Waals surface area contributed by atoms with Gasteiger partial charge in [-0.15, -0.1) is 0 Å². The molecule has 9 rings (SSSR count). The van der Waals surface area contributed by atoms with Gasteiger partial charge in [0.05, 0.1) is 20.1 Å². The SMILES string of the molecule is CCN.CCN1CCCC1.O=C(Cl)c1ccc(Cl)c(Cl)c1.O=C1CCC2(CCN(C(=O)c3ccc(Cl)c(Cl)c3)CC2)Nc2ccccc21.O=C1CCC2(CCNCC2)Nc2ccccc21. The minimum atomic E-state index is -0.538. The molecule has 0 radical (unpaired) electrons. The Balaban J connectivity index is 0.000000177. The fraction of sp³-hybridized carbons (Fsp3) is 0.440. The quantitative estimate of drug-likeness (QED) is 0.148. The average Bonchev–Trinajstić information content (AvgIpc) is 3.76. The van der Waals surface area contributed by atoms with Gasteiger partial charge in [-0.05, 0) is 163 Å². The van der Waals surface area contributed by atoms with Crippen molar-refractivity contribution in [3.05, 3.63) is 127 Å². The third-order valence-electron chi connectivity index (χ3n) is 12.4. The highest BCUT2D eigenvalue weighted by Gasteiger charge is 2.39. The molecule has 3 fully saturated rings. The van der Waals surface area contributed by atoms with E-state index in [0.29, 0.717) is 57.1 Å². The normalized spacial score (nSPS) is 18.1. The van der Waals surface area contributed by atoms with E-state index in [1.54, 1.807) is 18.2 Å². The van der Waals surface area contributed by atoms with Crippen LogP contribution in [0.5, 0.6) is 0 Å². The minimum absolute atomic E-state index is 0.0338. The minimum Gasteiger partial charge on any atom is -0.379 e. The van der Waals surface area contributed by atoms with Crippen LogP contribution in [-0.2, 0) is 0 Å². The molecule has 5 N–H and O–H groups in total. The highest BCUT2D eigenvalue weighted by Crippen LogP contribution is 2.38. The first kappa shape index (κ1) is 52.3. The Hall–Kier alpha value is -3.71. The number of rotatable bonds is 3. The van der Waals surface area contributed by atoms with E-state index >= 15 is 0 Å². The van der Waals surface area contributed by atoms with E-state index in [-0.39, 0.29) is 28.6 Å². The molecule has 2 spiro atoms. The van der Waals surface area contributed by atoms with Crippen LogP contribution in [0.1, 0.15) is 119 Å². The molecule has 65 heavy (non-hydrogen) atoms. The number of anilines is 2. The van der Waals surface area contributed by atoms with Crippen LogP contribution in [0.4, 0.5) is 11.4 Å². The van der Waals surface area contributed by atoms with Crippen LogP contribution >= 0.6 is 58.0 Å². The Bertz CT molecular complexity index is 2240. The third-order valence-corrected chi connectivity index (χ3v) is 14.1. The van der Waals surface area contributed by atoms with E-state index in [1.807, 2.05) is 60.4 Å². The molecule has 350 valence electrons. The Morgan fingerprint density at radius 1 is 0.615 bits per heavy atom. The molecule has 1 amide bonds. The van der Waals surface area contributed by atoms with Gasteiger partial charge in [0, 0.05) is 70.6 Å². The van der Waals surface area contributed by atoms with Crippen LogP contribution < -0.4 is 21.7 Å². The van der Waals surface area contributed by atoms with Gasteiger partial charge in [-0.2, -0.15) is 0 Å². The van der Waals surface area contributed by atoms with Gasteiger partial charge in [0.2, 0.25) is 0 Å². The molecule has 5 aliphatic heterocycles. The van der Waals surface area contributed by atoms with E-state index in [1.165, 1.54) is 50.7 Å². The zero-order valence-electron chi connectivity index (χ0n) is 37.3. The highest BCUT2D eigenvalue weighted by atomic mass is 35.5. The Morgan fingerprint density at radius 2 is 1.06 bits per heavy atom. The highest BCUT2D eigenvalue weighted by molar-refractivity contribution is 6.67. The number of carbonyl (C=O) groups is 4. The van der Waals surface area contributed by atoms with Crippen LogP contribution in [0, 0.1) is 0 Å². The van der Waals surface area contributed by atoms with E-state index in [9.17, 15) is 19.2 Å². The van der Waals surface area contributed by atoms with Gasteiger partial charge < -0.3 is 31.5 Å². The third kappa shape index (κ3) is 14.9. The zero-order chi connectivity index (χ0) is 47.0. The number of para-hydroxylation sites is 2. The smallest absolute Gasteiger partial charge is 0.253 e. The largest absolute Gasteiger partial charge is 0.379 e. The van der Waals surface area contributed by atoms with Gasteiger partial charge in [-0.3, -0.25) is 19.2 Å². The first-order valence-corrected chi connectivity index (χ1v) is 24.4. The topological polar surface area (TPSA) is 137 Å². The summed E-state index contributed by atoms with van der Waals surface area (Å²) in [5, 5.41) is 11.7. The number of carbonyl (C=O) groups excluding carboxylic acids is 4. The van der Waals surface area contributed by atoms with Crippen molar-refractivity contribution in [3.8, 4) is 0 Å². The van der Waals surface area contributed by atoms with Gasteiger partial charge in [-0.1, -0.05) is 84.5 Å². The van der Waals surface area contributed by atoms with Crippen molar-refractivity contribution in [1.82, 2.24) is 15.1 Å². The predicted octanol–water partition coefficient (Wildman–Crippen LogP) is 11.7. The van der Waals surface area contributed by atoms with Crippen molar-refractivity contribution in [3.63, 3.8) is 0 Å². The summed E-state index contributed by atoms with van der Waals surface area (Å²) < 4.78 is 0. The van der Waals surface area contributed by atoms with Crippen LogP contribution in [0.15, 0.2) is 84.9 Å². The number of amides is 1. The first-order valence-electron chi connectivity index (χ1n) is 22.6. The van der Waals surface area contributed by atoms with Gasteiger partial charge in [0.15, 0.2) is 11.6 Å². The number of hydrogen-bond acceptors (Lipinski definition) is 9. The maximum atomic E-state index is 12.8. The first-order chi connectivity index (χ1) is 31.2. The Morgan fingerprint density at radius 3 is 1.51 bits per heavy atom. The molecule has 15 heteroatoms. The summed E-state index contributed by atoms with van der Waals surface area (Å²) in [4.78, 5) is 52.2. The molecule has 10 nitrogen and oxygen atoms in total. The second-order valence-corrected chi connectivity index (χ2v) is 18.8. The number of piperidine rings is 2. The van der Waals surface area contributed by atoms with E-state index < -0.39 is 5.24 Å². The molecule has 5 heterocycles. The van der Waals surface area contributed by atoms with Crippen molar-refractivity contribution in [2.24, 2.45) is 5.73 Å². The molecule has 4 aromatic rings. The van der Waals surface area contributed by atoms with Crippen LogP contribution in [0.3, 0.4) is 0 Å². The predicted molar refractivity (Wildman–Crippen MR) is 269 cm³/mol. The molecule has 0 saturated carbocycles. The summed E-state index contributed by atoms with van der Waals surface area (Å²) >= 11 is 28.4. The molecule has 3 saturated heterocycles. The van der Waals surface area contributed by atoms with Crippen LogP contribution in [-0.4, -0.2) is 96.0 Å². The maximum absolute atomic E-state index is 12.8. The summed E-state index contributed by atoms with van der Waals surface area (Å²) in [7, 11) is 0. The number of Topliss-reactive ketones (excluding diaryl/α,β-unsaturated/α-hetero) is 2. The maximum Gasteiger partial charge on any atom is 0.253 e. The number of likely N-dealkylation sites (tertiary alicyclic amines) is 2. The molecular weight excluding hydrogens is 926 g/mol. The summed E-state index contributed by atoms with van der Waals surface area (Å²) in [5.41, 5.74) is 9.30. The van der Waals surface area contributed by atoms with Gasteiger partial charge in [-0.25, -0.2) is 0 Å². The van der Waals surface area contributed by atoms with E-state index in [0.717, 1.165) is 80.7 Å². The van der Waals surface area contributed by atoms with Gasteiger partial charge in [0.25, 0.3) is 11.1 Å². The number of ketones is 2. The lowest BCUT2D eigenvalue weighted by molar-refractivity contribution is 0.0673. The second kappa shape index (κ2) is 25.4. The Labute approximate surface area is 409 Å². The number of hydrogen-bond donors (Lipinski definition) is 4. The number of nitrogens with one attached hydrogen (secondary N) is 3. The molecule has 0 aliphatic carbocycles. The van der Waals surface area contributed by atoms with E-state index in [4.69, 9.17) is 63.7 Å². The standard InChI is InChI=1S/C21H20Cl2N2O2.C14H18N2O.C7H3Cl3O.C6H13N.C2H7N/c22-16-6-5-14(13-17(16)23)20(27)25-11-9-21(10-12-25)8-7-19(26)15-3-1-2-4-18(15)24-21;17-13-5-6-14(7-9-15-10-8-14)16-12-4-2-1-3-11(12)13;8-5-2-1-4(7(10)11)3-6(5)9;1-2-7-5-3-4-6-7;1-2-3/h1-6,13,24H,7-12H2;1-4,15-16H,5-10H2;1-3H;2-6H2,1H3;2-3H2,1H3. The lowest BCUT2D eigenvalue weighted by Crippen LogP contribution is -2.50. The lowest BCUT2D eigenvalue weighted by Gasteiger charge is -2.42. The number of benzene rings is 4. The number of halogens is 5. The molecule has 0 unspecified atom stereocenters. The molecule has 0 aromatic heterocycles. The van der Waals surface area contributed by atoms with Gasteiger partial charge >= 0.3 is 0 Å². The molecule has 5 aliphatic rings. The van der Waals surface area contributed by atoms with Crippen molar-refractivity contribution < 1.29 is 19.2 Å². The number of fused-ring (bicyclic) bond motifs is 2. The molecule has 0 atom stereocenters.